The van der Waals surface area contributed by atoms with E-state index in [9.17, 15) is 4.39 Å². The van der Waals surface area contributed by atoms with Crippen LogP contribution in [-0.2, 0) is 10.3 Å². The number of hydrogen-bond donors (Lipinski definition) is 1. The number of benzene rings is 1. The van der Waals surface area contributed by atoms with Crippen LogP contribution in [0.1, 0.15) is 18.9 Å². The zero-order valence-corrected chi connectivity index (χ0v) is 8.59. The molecule has 1 rings (SSSR count). The predicted molar refractivity (Wildman–Crippen MR) is 54.4 cm³/mol. The summed E-state index contributed by atoms with van der Waals surface area (Å²) in [5.41, 5.74) is 5.83. The molecule has 0 amide bonds. The lowest BCUT2D eigenvalue weighted by Gasteiger charge is -2.28. The van der Waals surface area contributed by atoms with E-state index in [1.54, 1.807) is 13.2 Å². The quantitative estimate of drug-likeness (QED) is 0.801. The third-order valence-corrected chi connectivity index (χ3v) is 2.51. The van der Waals surface area contributed by atoms with Gasteiger partial charge in [-0.05, 0) is 37.6 Å². The zero-order valence-electron chi connectivity index (χ0n) is 8.59. The van der Waals surface area contributed by atoms with Gasteiger partial charge in [0.15, 0.2) is 0 Å². The largest absolute Gasteiger partial charge is 0.374 e. The Labute approximate surface area is 83.9 Å². The average Bonchev–Trinajstić information content (AvgIpc) is 2.18. The van der Waals surface area contributed by atoms with E-state index in [4.69, 9.17) is 10.5 Å². The first-order valence-electron chi connectivity index (χ1n) is 4.63. The summed E-state index contributed by atoms with van der Waals surface area (Å²) in [6, 6.07) is 6.43. The molecule has 0 aliphatic heterocycles. The zero-order chi connectivity index (χ0) is 10.6. The molecule has 0 aliphatic rings. The number of hydrogen-bond acceptors (Lipinski definition) is 2. The van der Waals surface area contributed by atoms with E-state index in [2.05, 4.69) is 0 Å². The normalized spacial score (nSPS) is 15.1. The molecule has 0 saturated carbocycles. The summed E-state index contributed by atoms with van der Waals surface area (Å²) >= 11 is 0. The minimum atomic E-state index is -0.489. The van der Waals surface area contributed by atoms with Crippen LogP contribution in [0.2, 0.25) is 0 Å². The van der Waals surface area contributed by atoms with Crippen LogP contribution in [0.3, 0.4) is 0 Å². The molecule has 2 nitrogen and oxygen atoms in total. The maximum atomic E-state index is 13.0. The van der Waals surface area contributed by atoms with Crippen molar-refractivity contribution in [2.24, 2.45) is 5.73 Å². The van der Waals surface area contributed by atoms with Gasteiger partial charge in [-0.15, -0.1) is 0 Å². The van der Waals surface area contributed by atoms with Crippen molar-refractivity contribution in [3.05, 3.63) is 35.6 Å². The number of ether oxygens (including phenoxy) is 1. The SMILES string of the molecule is COC(C)(CCN)c1cccc(F)c1. The van der Waals surface area contributed by atoms with Crippen LogP contribution < -0.4 is 5.73 Å². The van der Waals surface area contributed by atoms with E-state index in [0.717, 1.165) is 5.56 Å². The molecule has 0 spiro atoms. The van der Waals surface area contributed by atoms with Crippen molar-refractivity contribution in [2.45, 2.75) is 18.9 Å². The van der Waals surface area contributed by atoms with E-state index in [-0.39, 0.29) is 5.82 Å². The first-order chi connectivity index (χ1) is 6.62. The lowest BCUT2D eigenvalue weighted by Crippen LogP contribution is -2.27. The topological polar surface area (TPSA) is 35.2 Å². The summed E-state index contributed by atoms with van der Waals surface area (Å²) in [4.78, 5) is 0. The van der Waals surface area contributed by atoms with Crippen molar-refractivity contribution in [1.29, 1.82) is 0 Å². The maximum absolute atomic E-state index is 13.0. The number of halogens is 1. The molecule has 0 bridgehead atoms. The van der Waals surface area contributed by atoms with Crippen molar-refractivity contribution in [2.75, 3.05) is 13.7 Å². The Kier molecular flexibility index (Phi) is 3.61. The lowest BCUT2D eigenvalue weighted by atomic mass is 9.92. The van der Waals surface area contributed by atoms with Crippen LogP contribution in [0.5, 0.6) is 0 Å². The molecule has 0 aromatic heterocycles. The number of methoxy groups -OCH3 is 1. The molecule has 1 atom stereocenters. The fraction of sp³-hybridized carbons (Fsp3) is 0.455. The smallest absolute Gasteiger partial charge is 0.123 e. The molecule has 14 heavy (non-hydrogen) atoms. The fourth-order valence-corrected chi connectivity index (χ4v) is 1.46. The molecule has 0 aliphatic carbocycles. The van der Waals surface area contributed by atoms with E-state index in [1.165, 1.54) is 12.1 Å². The number of nitrogens with two attached hydrogens (primary N) is 1. The Hall–Kier alpha value is -0.930. The molecule has 0 heterocycles. The summed E-state index contributed by atoms with van der Waals surface area (Å²) < 4.78 is 18.4. The van der Waals surface area contributed by atoms with Gasteiger partial charge < -0.3 is 10.5 Å². The van der Waals surface area contributed by atoms with Crippen LogP contribution in [0, 0.1) is 5.82 Å². The molecule has 1 aromatic carbocycles. The molecular formula is C11H16FNO. The third-order valence-electron chi connectivity index (χ3n) is 2.51. The molecule has 0 saturated heterocycles. The Morgan fingerprint density at radius 2 is 2.21 bits per heavy atom. The Balaban J connectivity index is 2.99. The second-order valence-electron chi connectivity index (χ2n) is 3.48. The molecule has 0 radical (unpaired) electrons. The summed E-state index contributed by atoms with van der Waals surface area (Å²) in [6.45, 7) is 2.43. The highest BCUT2D eigenvalue weighted by atomic mass is 19.1. The number of rotatable bonds is 4. The van der Waals surface area contributed by atoms with Crippen LogP contribution >= 0.6 is 0 Å². The Morgan fingerprint density at radius 1 is 1.50 bits per heavy atom. The van der Waals surface area contributed by atoms with Crippen LogP contribution in [0.15, 0.2) is 24.3 Å². The van der Waals surface area contributed by atoms with Crippen molar-refractivity contribution < 1.29 is 9.13 Å². The predicted octanol–water partition coefficient (Wildman–Crippen LogP) is 2.04. The Bertz CT molecular complexity index is 303. The van der Waals surface area contributed by atoms with Gasteiger partial charge in [-0.25, -0.2) is 4.39 Å². The summed E-state index contributed by atoms with van der Waals surface area (Å²) in [6.07, 6.45) is 0.674. The summed E-state index contributed by atoms with van der Waals surface area (Å²) in [7, 11) is 1.61. The first-order valence-corrected chi connectivity index (χ1v) is 4.63. The molecule has 1 aromatic rings. The van der Waals surface area contributed by atoms with E-state index in [1.807, 2.05) is 13.0 Å². The van der Waals surface area contributed by atoms with Gasteiger partial charge in [0.2, 0.25) is 0 Å². The van der Waals surface area contributed by atoms with Gasteiger partial charge in [-0.1, -0.05) is 12.1 Å². The van der Waals surface area contributed by atoms with E-state index < -0.39 is 5.60 Å². The van der Waals surface area contributed by atoms with Crippen LogP contribution in [0.25, 0.3) is 0 Å². The average molecular weight is 197 g/mol. The molecule has 1 unspecified atom stereocenters. The van der Waals surface area contributed by atoms with Gasteiger partial charge in [-0.3, -0.25) is 0 Å². The van der Waals surface area contributed by atoms with Crippen molar-refractivity contribution in [1.82, 2.24) is 0 Å². The van der Waals surface area contributed by atoms with Gasteiger partial charge in [0, 0.05) is 7.11 Å². The highest BCUT2D eigenvalue weighted by Gasteiger charge is 2.25. The molecule has 0 fully saturated rings. The highest BCUT2D eigenvalue weighted by molar-refractivity contribution is 5.22. The second kappa shape index (κ2) is 4.53. The van der Waals surface area contributed by atoms with E-state index in [0.29, 0.717) is 13.0 Å². The van der Waals surface area contributed by atoms with Gasteiger partial charge in [0.05, 0.1) is 5.60 Å². The minimum absolute atomic E-state index is 0.247. The molecule has 3 heteroatoms. The van der Waals surface area contributed by atoms with Crippen LogP contribution in [-0.4, -0.2) is 13.7 Å². The Morgan fingerprint density at radius 3 is 2.71 bits per heavy atom. The van der Waals surface area contributed by atoms with E-state index >= 15 is 0 Å². The minimum Gasteiger partial charge on any atom is -0.374 e. The molecule has 2 N–H and O–H groups in total. The maximum Gasteiger partial charge on any atom is 0.123 e. The van der Waals surface area contributed by atoms with Crippen LogP contribution in [0.4, 0.5) is 4.39 Å². The van der Waals surface area contributed by atoms with Crippen molar-refractivity contribution in [3.63, 3.8) is 0 Å². The van der Waals surface area contributed by atoms with Gasteiger partial charge in [0.25, 0.3) is 0 Å². The standard InChI is InChI=1S/C11H16FNO/c1-11(14-2,6-7-13)9-4-3-5-10(12)8-9/h3-5,8H,6-7,13H2,1-2H3. The first kappa shape index (κ1) is 11.1. The van der Waals surface area contributed by atoms with Crippen molar-refractivity contribution in [3.8, 4) is 0 Å². The fourth-order valence-electron chi connectivity index (χ4n) is 1.46. The summed E-state index contributed by atoms with van der Waals surface area (Å²) in [5, 5.41) is 0. The summed E-state index contributed by atoms with van der Waals surface area (Å²) in [5.74, 6) is -0.247. The monoisotopic (exact) mass is 197 g/mol. The van der Waals surface area contributed by atoms with Crippen molar-refractivity contribution >= 4 is 0 Å². The van der Waals surface area contributed by atoms with Gasteiger partial charge >= 0.3 is 0 Å². The second-order valence-corrected chi connectivity index (χ2v) is 3.48. The van der Waals surface area contributed by atoms with Gasteiger partial charge in [-0.2, -0.15) is 0 Å². The lowest BCUT2D eigenvalue weighted by molar-refractivity contribution is -0.00362. The molecule has 78 valence electrons. The third kappa shape index (κ3) is 2.30. The highest BCUT2D eigenvalue weighted by Crippen LogP contribution is 2.28. The van der Waals surface area contributed by atoms with Gasteiger partial charge in [0.1, 0.15) is 5.82 Å². The molecular weight excluding hydrogens is 181 g/mol.